The van der Waals surface area contributed by atoms with Crippen molar-refractivity contribution in [2.75, 3.05) is 10.8 Å². The van der Waals surface area contributed by atoms with Crippen molar-refractivity contribution >= 4 is 40.7 Å². The Morgan fingerprint density at radius 3 is 2.78 bits per heavy atom. The first-order valence-corrected chi connectivity index (χ1v) is 8.21. The Morgan fingerprint density at radius 2 is 2.17 bits per heavy atom. The lowest BCUT2D eigenvalue weighted by Crippen LogP contribution is -2.37. The molecule has 0 saturated carbocycles. The molecule has 1 aromatic carbocycles. The van der Waals surface area contributed by atoms with Crippen LogP contribution in [-0.4, -0.2) is 28.4 Å². The van der Waals surface area contributed by atoms with Crippen molar-refractivity contribution in [1.29, 1.82) is 0 Å². The molecule has 1 heterocycles. The van der Waals surface area contributed by atoms with Crippen molar-refractivity contribution in [2.45, 2.75) is 31.5 Å². The first-order valence-electron chi connectivity index (χ1n) is 6.76. The first-order chi connectivity index (χ1) is 10.7. The number of alkyl halides is 3. The molecule has 0 bridgehead atoms. The molecule has 1 aliphatic rings. The maximum Gasteiger partial charge on any atom is 0.416 e. The van der Waals surface area contributed by atoms with E-state index in [1.807, 2.05) is 13.8 Å². The smallest absolute Gasteiger partial charge is 0.416 e. The molecule has 2 rings (SSSR count). The number of halogens is 3. The predicted octanol–water partition coefficient (Wildman–Crippen LogP) is 3.37. The number of amides is 1. The summed E-state index contributed by atoms with van der Waals surface area (Å²) in [6.45, 7) is 3.74. The van der Waals surface area contributed by atoms with E-state index in [4.69, 9.17) is 17.0 Å². The molecule has 0 spiro atoms. The van der Waals surface area contributed by atoms with Gasteiger partial charge in [-0.3, -0.25) is 9.69 Å². The lowest BCUT2D eigenvalue weighted by atomic mass is 10.2. The minimum absolute atomic E-state index is 0.0589. The fourth-order valence-corrected chi connectivity index (χ4v) is 3.30. The second-order valence-corrected chi connectivity index (χ2v) is 6.54. The maximum atomic E-state index is 12.8. The number of benzene rings is 1. The average molecular weight is 364 g/mol. The van der Waals surface area contributed by atoms with Crippen molar-refractivity contribution < 1.29 is 22.7 Å². The normalized spacial score (nSPS) is 18.4. The van der Waals surface area contributed by atoms with Crippen LogP contribution in [0.15, 0.2) is 24.3 Å². The van der Waals surface area contributed by atoms with Crippen LogP contribution < -0.4 is 10.2 Å². The Balaban J connectivity index is 2.09. The van der Waals surface area contributed by atoms with Gasteiger partial charge in [-0.1, -0.05) is 17.8 Å². The zero-order valence-electron chi connectivity index (χ0n) is 12.4. The van der Waals surface area contributed by atoms with Crippen molar-refractivity contribution in [2.24, 2.45) is 0 Å². The van der Waals surface area contributed by atoms with E-state index < -0.39 is 23.1 Å². The molecule has 1 atom stereocenters. The Bertz CT molecular complexity index is 608. The van der Waals surface area contributed by atoms with E-state index in [-0.39, 0.29) is 22.8 Å². The van der Waals surface area contributed by atoms with Gasteiger partial charge in [-0.05, 0) is 44.3 Å². The molecule has 126 valence electrons. The van der Waals surface area contributed by atoms with Crippen LogP contribution in [0, 0.1) is 0 Å². The van der Waals surface area contributed by atoms with Gasteiger partial charge in [0.25, 0.3) is 11.1 Å². The fourth-order valence-electron chi connectivity index (χ4n) is 1.91. The number of ether oxygens (including phenoxy) is 1. The number of carbonyl (C=O) groups excluding carboxylic acids is 1. The lowest BCUT2D eigenvalue weighted by Gasteiger charge is -2.18. The number of nitrogens with zero attached hydrogens (tertiary/aromatic N) is 1. The van der Waals surface area contributed by atoms with Crippen LogP contribution in [0.5, 0.6) is 0 Å². The van der Waals surface area contributed by atoms with Crippen LogP contribution in [0.25, 0.3) is 0 Å². The summed E-state index contributed by atoms with van der Waals surface area (Å²) in [4.78, 5) is 13.6. The van der Waals surface area contributed by atoms with Gasteiger partial charge in [-0.2, -0.15) is 13.2 Å². The second-order valence-electron chi connectivity index (χ2n) is 5.15. The minimum atomic E-state index is -4.45. The summed E-state index contributed by atoms with van der Waals surface area (Å²) >= 11 is 6.15. The molecule has 0 aromatic heterocycles. The standard InChI is InChI=1S/C14H15F3N2O2S2/c1-8(2)18-13(22)21-12-11(20)19(7-23-12)10-5-3-4-9(6-10)14(15,16)17/h3-6,8,12H,7H2,1-2H3,(H,18,22). The van der Waals surface area contributed by atoms with Gasteiger partial charge in [0.05, 0.1) is 11.4 Å². The summed E-state index contributed by atoms with van der Waals surface area (Å²) in [6, 6.07) is 4.71. The Hall–Kier alpha value is -1.48. The van der Waals surface area contributed by atoms with Gasteiger partial charge in [0.15, 0.2) is 0 Å². The van der Waals surface area contributed by atoms with Crippen molar-refractivity contribution in [3.05, 3.63) is 29.8 Å². The summed E-state index contributed by atoms with van der Waals surface area (Å²) in [5, 5.41) is 2.94. The van der Waals surface area contributed by atoms with Gasteiger partial charge in [0, 0.05) is 11.7 Å². The fraction of sp³-hybridized carbons (Fsp3) is 0.429. The molecular weight excluding hydrogens is 349 g/mol. The third-order valence-electron chi connectivity index (χ3n) is 2.93. The summed E-state index contributed by atoms with van der Waals surface area (Å²) in [7, 11) is 0. The highest BCUT2D eigenvalue weighted by Crippen LogP contribution is 2.35. The van der Waals surface area contributed by atoms with Crippen molar-refractivity contribution in [3.8, 4) is 0 Å². The van der Waals surface area contributed by atoms with Gasteiger partial charge >= 0.3 is 6.18 Å². The van der Waals surface area contributed by atoms with Crippen LogP contribution in [0.4, 0.5) is 18.9 Å². The summed E-state index contributed by atoms with van der Waals surface area (Å²) in [5.41, 5.74) is -1.47. The molecule has 1 aromatic rings. The number of hydrogen-bond donors (Lipinski definition) is 1. The Labute approximate surface area is 141 Å². The zero-order valence-corrected chi connectivity index (χ0v) is 14.0. The summed E-state index contributed by atoms with van der Waals surface area (Å²) in [5.74, 6) is -0.225. The number of hydrogen-bond acceptors (Lipinski definition) is 4. The average Bonchev–Trinajstić information content (AvgIpc) is 2.78. The molecule has 0 radical (unpaired) electrons. The monoisotopic (exact) mass is 364 g/mol. The SMILES string of the molecule is CC(C)NC(=S)OC1SCN(c2cccc(C(F)(F)F)c2)C1=O. The van der Waals surface area contributed by atoms with E-state index in [0.29, 0.717) is 0 Å². The van der Waals surface area contributed by atoms with E-state index in [1.54, 1.807) is 0 Å². The van der Waals surface area contributed by atoms with Crippen LogP contribution in [-0.2, 0) is 15.7 Å². The topological polar surface area (TPSA) is 41.6 Å². The highest BCUT2D eigenvalue weighted by atomic mass is 32.2. The molecule has 1 saturated heterocycles. The Kier molecular flexibility index (Phi) is 5.41. The molecule has 9 heteroatoms. The summed E-state index contributed by atoms with van der Waals surface area (Å²) < 4.78 is 43.6. The van der Waals surface area contributed by atoms with E-state index in [0.717, 1.165) is 12.1 Å². The van der Waals surface area contributed by atoms with E-state index in [2.05, 4.69) is 5.32 Å². The van der Waals surface area contributed by atoms with Crippen LogP contribution in [0.2, 0.25) is 0 Å². The molecule has 1 N–H and O–H groups in total. The lowest BCUT2D eigenvalue weighted by molar-refractivity contribution is -0.137. The number of carbonyl (C=O) groups is 1. The third kappa shape index (κ3) is 4.51. The minimum Gasteiger partial charge on any atom is -0.446 e. The largest absolute Gasteiger partial charge is 0.446 e. The van der Waals surface area contributed by atoms with E-state index in [1.165, 1.54) is 28.8 Å². The molecule has 0 aliphatic carbocycles. The quantitative estimate of drug-likeness (QED) is 0.833. The van der Waals surface area contributed by atoms with Gasteiger partial charge in [0.1, 0.15) is 0 Å². The summed E-state index contributed by atoms with van der Waals surface area (Å²) in [6.07, 6.45) is -4.45. The van der Waals surface area contributed by atoms with Crippen molar-refractivity contribution in [1.82, 2.24) is 5.32 Å². The highest BCUT2D eigenvalue weighted by Gasteiger charge is 2.37. The number of thioether (sulfide) groups is 1. The van der Waals surface area contributed by atoms with Crippen LogP contribution in [0.1, 0.15) is 19.4 Å². The van der Waals surface area contributed by atoms with Crippen molar-refractivity contribution in [3.63, 3.8) is 0 Å². The van der Waals surface area contributed by atoms with Crippen LogP contribution >= 0.6 is 24.0 Å². The number of nitrogens with one attached hydrogen (secondary N) is 1. The van der Waals surface area contributed by atoms with Gasteiger partial charge < -0.3 is 10.1 Å². The molecule has 4 nitrogen and oxygen atoms in total. The molecular formula is C14H15F3N2O2S2. The Morgan fingerprint density at radius 1 is 1.48 bits per heavy atom. The zero-order chi connectivity index (χ0) is 17.2. The second kappa shape index (κ2) is 6.96. The highest BCUT2D eigenvalue weighted by molar-refractivity contribution is 8.01. The van der Waals surface area contributed by atoms with Crippen LogP contribution in [0.3, 0.4) is 0 Å². The number of rotatable bonds is 3. The van der Waals surface area contributed by atoms with Gasteiger partial charge in [-0.25, -0.2) is 0 Å². The number of anilines is 1. The third-order valence-corrected chi connectivity index (χ3v) is 4.15. The molecule has 23 heavy (non-hydrogen) atoms. The predicted molar refractivity (Wildman–Crippen MR) is 87.1 cm³/mol. The molecule has 1 unspecified atom stereocenters. The number of thiocarbonyl (C=S) groups is 1. The molecule has 1 aliphatic heterocycles. The maximum absolute atomic E-state index is 12.8. The molecule has 1 fully saturated rings. The van der Waals surface area contributed by atoms with Gasteiger partial charge in [-0.15, -0.1) is 0 Å². The van der Waals surface area contributed by atoms with E-state index in [9.17, 15) is 18.0 Å². The molecule has 1 amide bonds. The van der Waals surface area contributed by atoms with E-state index >= 15 is 0 Å². The van der Waals surface area contributed by atoms with Gasteiger partial charge in [0.2, 0.25) is 5.44 Å². The first kappa shape index (κ1) is 17.9.